The summed E-state index contributed by atoms with van der Waals surface area (Å²) in [4.78, 5) is 25.1. The van der Waals surface area contributed by atoms with E-state index in [-0.39, 0.29) is 11.6 Å². The predicted octanol–water partition coefficient (Wildman–Crippen LogP) is 5.81. The van der Waals surface area contributed by atoms with Crippen LogP contribution in [0.2, 0.25) is 0 Å². The van der Waals surface area contributed by atoms with E-state index in [1.165, 1.54) is 53.3 Å². The van der Waals surface area contributed by atoms with Gasteiger partial charge < -0.3 is 27.0 Å². The van der Waals surface area contributed by atoms with E-state index >= 15 is 0 Å². The van der Waals surface area contributed by atoms with Crippen molar-refractivity contribution in [1.29, 1.82) is 0 Å². The van der Waals surface area contributed by atoms with Crippen molar-refractivity contribution in [2.75, 3.05) is 41.7 Å². The predicted molar refractivity (Wildman–Crippen MR) is 219 cm³/mol. The van der Waals surface area contributed by atoms with E-state index in [0.29, 0.717) is 11.1 Å². The van der Waals surface area contributed by atoms with E-state index in [0.717, 1.165) is 85.3 Å². The number of nitro benzene ring substituents is 1. The summed E-state index contributed by atoms with van der Waals surface area (Å²) >= 11 is 3.33. The number of anilines is 3. The van der Waals surface area contributed by atoms with E-state index in [4.69, 9.17) is 5.73 Å². The van der Waals surface area contributed by atoms with Crippen LogP contribution in [-0.2, 0) is 53.7 Å². The molecule has 7 N–H and O–H groups in total. The molecule has 1 aromatic heterocycles. The van der Waals surface area contributed by atoms with Crippen molar-refractivity contribution < 1.29 is 18.1 Å². The summed E-state index contributed by atoms with van der Waals surface area (Å²) < 4.78 is 25.7. The Morgan fingerprint density at radius 1 is 0.796 bits per heavy atom. The van der Waals surface area contributed by atoms with Crippen LogP contribution in [-0.4, -0.2) is 50.1 Å². The number of nitro groups is 1. The second-order valence-electron chi connectivity index (χ2n) is 13.0. The van der Waals surface area contributed by atoms with Crippen LogP contribution in [0, 0.1) is 10.1 Å². The number of carbonyl (C=O) groups excluding carboxylic acids is 1. The number of nitrogens with two attached hydrogens (primary N) is 1. The van der Waals surface area contributed by atoms with Gasteiger partial charge >= 0.3 is 0 Å². The van der Waals surface area contributed by atoms with Crippen LogP contribution >= 0.6 is 15.9 Å². The van der Waals surface area contributed by atoms with E-state index in [1.54, 1.807) is 24.4 Å². The van der Waals surface area contributed by atoms with E-state index in [1.807, 2.05) is 36.4 Å². The van der Waals surface area contributed by atoms with Crippen LogP contribution in [0.3, 0.4) is 0 Å². The lowest BCUT2D eigenvalue weighted by atomic mass is 9.99. The molecule has 1 amide bonds. The first-order valence-electron chi connectivity index (χ1n) is 17.5. The van der Waals surface area contributed by atoms with E-state index in [9.17, 15) is 23.3 Å². The number of amides is 1. The summed E-state index contributed by atoms with van der Waals surface area (Å²) in [6, 6.07) is 22.8. The maximum absolute atomic E-state index is 11.2. The zero-order valence-corrected chi connectivity index (χ0v) is 32.6. The number of aromatic nitrogens is 1. The molecule has 0 saturated heterocycles. The highest BCUT2D eigenvalue weighted by Gasteiger charge is 2.16. The van der Waals surface area contributed by atoms with Crippen molar-refractivity contribution in [2.24, 2.45) is 0 Å². The maximum Gasteiger partial charge on any atom is 0.278 e. The van der Waals surface area contributed by atoms with E-state index in [2.05, 4.69) is 59.0 Å². The third-order valence-electron chi connectivity index (χ3n) is 9.02. The van der Waals surface area contributed by atoms with Gasteiger partial charge in [-0.05, 0) is 103 Å². The first-order valence-corrected chi connectivity index (χ1v) is 20.2. The average molecular weight is 818 g/mol. The first kappa shape index (κ1) is 40.3. The summed E-state index contributed by atoms with van der Waals surface area (Å²) in [5.41, 5.74) is 16.0. The van der Waals surface area contributed by atoms with Crippen molar-refractivity contribution >= 4 is 65.4 Å². The molecule has 0 saturated carbocycles. The Morgan fingerprint density at radius 3 is 1.89 bits per heavy atom. The van der Waals surface area contributed by atoms with Crippen LogP contribution in [0.4, 0.5) is 22.7 Å². The van der Waals surface area contributed by atoms with Crippen molar-refractivity contribution in [1.82, 2.24) is 20.9 Å². The second-order valence-corrected chi connectivity index (χ2v) is 15.6. The summed E-state index contributed by atoms with van der Waals surface area (Å²) in [6.07, 6.45) is 7.38. The Morgan fingerprint density at radius 2 is 1.33 bits per heavy atom. The molecule has 0 fully saturated rings. The minimum Gasteiger partial charge on any atom is -0.398 e. The van der Waals surface area contributed by atoms with Gasteiger partial charge in [0.15, 0.2) is 0 Å². The zero-order chi connectivity index (χ0) is 38.7. The number of benzene rings is 4. The molecule has 3 aliphatic rings. The number of non-ortho nitro benzene ring substituents is 1. The van der Waals surface area contributed by atoms with Crippen LogP contribution < -0.4 is 31.7 Å². The van der Waals surface area contributed by atoms with Gasteiger partial charge in [-0.2, -0.15) is 0 Å². The third kappa shape index (κ3) is 11.1. The highest BCUT2D eigenvalue weighted by atomic mass is 79.9. The zero-order valence-electron chi connectivity index (χ0n) is 30.2. The Balaban J connectivity index is 0.000000139. The number of fused-ring (bicyclic) bond motifs is 4. The lowest BCUT2D eigenvalue weighted by Gasteiger charge is -2.20. The molecule has 15 heteroatoms. The second kappa shape index (κ2) is 18.9. The van der Waals surface area contributed by atoms with Gasteiger partial charge in [-0.25, -0.2) is 8.42 Å². The summed E-state index contributed by atoms with van der Waals surface area (Å²) in [6.45, 7) is 7.11. The lowest BCUT2D eigenvalue weighted by Crippen LogP contribution is -2.25. The lowest BCUT2D eigenvalue weighted by molar-refractivity contribution is -0.383. The fraction of sp³-hybridized carbons (Fsp3) is 0.282. The molecule has 0 aliphatic carbocycles. The molecular weight excluding hydrogens is 772 g/mol. The number of pyridine rings is 1. The van der Waals surface area contributed by atoms with Gasteiger partial charge in [0.1, 0.15) is 0 Å². The molecule has 0 radical (unpaired) electrons. The fourth-order valence-corrected chi connectivity index (χ4v) is 7.54. The van der Waals surface area contributed by atoms with Crippen molar-refractivity contribution in [3.63, 3.8) is 0 Å². The monoisotopic (exact) mass is 816 g/mol. The van der Waals surface area contributed by atoms with Gasteiger partial charge in [-0.1, -0.05) is 52.3 Å². The molecule has 0 spiro atoms. The van der Waals surface area contributed by atoms with Crippen molar-refractivity contribution in [2.45, 2.75) is 45.8 Å². The number of hydrogen-bond acceptors (Lipinski definition) is 10. The summed E-state index contributed by atoms with van der Waals surface area (Å²) in [5.74, 6) is -0.0102. The highest BCUT2D eigenvalue weighted by molar-refractivity contribution is 9.10. The van der Waals surface area contributed by atoms with Gasteiger partial charge in [0.05, 0.1) is 22.3 Å². The number of rotatable bonds is 4. The fourth-order valence-electron chi connectivity index (χ4n) is 6.47. The molecule has 3 aliphatic heterocycles. The SMILES string of the molecule is CC(=O)Nc1cccc2c1CNCC2.CS(=O)(=O)Nc1cccc2c1CNCC2.Nc1cccc2c1CNCC2.O=[N+]([O-])c1ccc(Br)c2ccncc12. The number of halogens is 1. The largest absolute Gasteiger partial charge is 0.398 e. The van der Waals surface area contributed by atoms with Crippen LogP contribution in [0.25, 0.3) is 10.8 Å². The molecule has 13 nitrogen and oxygen atoms in total. The number of hydrogen-bond donors (Lipinski definition) is 6. The van der Waals surface area contributed by atoms with Crippen molar-refractivity contribution in [3.05, 3.63) is 133 Å². The Kier molecular flexibility index (Phi) is 14.1. The number of sulfonamides is 1. The molecule has 5 aromatic rings. The van der Waals surface area contributed by atoms with Gasteiger partial charge in [-0.3, -0.25) is 24.6 Å². The average Bonchev–Trinajstić information content (AvgIpc) is 3.16. The number of carbonyl (C=O) groups is 1. The normalized spacial score (nSPS) is 14.1. The number of nitrogens with zero attached hydrogens (tertiary/aromatic N) is 2. The van der Waals surface area contributed by atoms with Gasteiger partial charge in [0.25, 0.3) is 5.69 Å². The molecule has 0 atom stereocenters. The van der Waals surface area contributed by atoms with Gasteiger partial charge in [0.2, 0.25) is 15.9 Å². The molecular formula is C39H45BrN8O5S. The van der Waals surface area contributed by atoms with Crippen LogP contribution in [0.1, 0.15) is 40.3 Å². The Hall–Kier alpha value is -4.93. The molecule has 8 rings (SSSR count). The summed E-state index contributed by atoms with van der Waals surface area (Å²) in [7, 11) is -3.19. The standard InChI is InChI=1S/C11H14N2O.C10H14N2O2S.C9H5BrN2O2.C9H12N2/c1-8(14)13-11-4-2-3-9-5-6-12-7-10(9)11;1-15(13,14)12-10-4-2-3-8-5-6-11-7-9(8)10;10-8-1-2-9(12(13)14)7-5-11-4-3-6(7)8;10-9-3-1-2-7-4-5-11-6-8(7)9/h2-4,12H,5-7H2,1H3,(H,13,14);2-4,11-12H,5-7H2,1H3;1-5H;1-3,11H,4-6,10H2. The quantitative estimate of drug-likeness (QED) is 0.0732. The van der Waals surface area contributed by atoms with Gasteiger partial charge in [-0.15, -0.1) is 0 Å². The molecule has 54 heavy (non-hydrogen) atoms. The summed E-state index contributed by atoms with van der Waals surface area (Å²) in [5, 5.41) is 24.7. The minimum atomic E-state index is -3.19. The van der Waals surface area contributed by atoms with Crippen molar-refractivity contribution in [3.8, 4) is 0 Å². The van der Waals surface area contributed by atoms with Crippen LogP contribution in [0.5, 0.6) is 0 Å². The van der Waals surface area contributed by atoms with Crippen LogP contribution in [0.15, 0.2) is 89.7 Å². The highest BCUT2D eigenvalue weighted by Crippen LogP contribution is 2.30. The molecule has 284 valence electrons. The maximum atomic E-state index is 11.2. The smallest absolute Gasteiger partial charge is 0.278 e. The number of nitrogen functional groups attached to an aromatic ring is 1. The minimum absolute atomic E-state index is 0.0102. The molecule has 4 heterocycles. The first-order chi connectivity index (χ1) is 25.9. The number of nitrogens with one attached hydrogen (secondary N) is 5. The molecule has 4 aromatic carbocycles. The van der Waals surface area contributed by atoms with E-state index < -0.39 is 14.9 Å². The van der Waals surface area contributed by atoms with Gasteiger partial charge in [0, 0.05) is 66.3 Å². The molecule has 0 bridgehead atoms. The Labute approximate surface area is 323 Å². The Bertz CT molecular complexity index is 2240. The topological polar surface area (TPSA) is 193 Å². The third-order valence-corrected chi connectivity index (χ3v) is 10.3. The molecule has 0 unspecified atom stereocenters.